The van der Waals surface area contributed by atoms with E-state index in [1.807, 2.05) is 0 Å². The Labute approximate surface area is 184 Å². The standard InChI is InChI=1S/C22H38O9/c1-21(11-23-3-17-7-28-17,12-24-4-18-8-29-18)15-27-16-22(2,13-25-5-19-9-30-19)14-26-6-20-10-31-20/h17-20H,3-16H2,1-2H3. The second-order valence-electron chi connectivity index (χ2n) is 10.00. The van der Waals surface area contributed by atoms with Gasteiger partial charge in [-0.15, -0.1) is 0 Å². The minimum absolute atomic E-state index is 0.245. The predicted molar refractivity (Wildman–Crippen MR) is 109 cm³/mol. The molecule has 4 heterocycles. The maximum Gasteiger partial charge on any atom is 0.104 e. The molecular weight excluding hydrogens is 408 g/mol. The van der Waals surface area contributed by atoms with Gasteiger partial charge in [0, 0.05) is 10.8 Å². The Balaban J connectivity index is 1.20. The average Bonchev–Trinajstić information content (AvgIpc) is 3.51. The van der Waals surface area contributed by atoms with E-state index in [9.17, 15) is 0 Å². The van der Waals surface area contributed by atoms with Crippen molar-refractivity contribution in [1.29, 1.82) is 0 Å². The van der Waals surface area contributed by atoms with Crippen molar-refractivity contribution in [2.45, 2.75) is 38.3 Å². The lowest BCUT2D eigenvalue weighted by molar-refractivity contribution is -0.101. The van der Waals surface area contributed by atoms with Crippen molar-refractivity contribution in [2.24, 2.45) is 10.8 Å². The Morgan fingerprint density at radius 3 is 0.935 bits per heavy atom. The van der Waals surface area contributed by atoms with Crippen LogP contribution in [0.2, 0.25) is 0 Å². The summed E-state index contributed by atoms with van der Waals surface area (Å²) in [5.74, 6) is 0. The molecule has 31 heavy (non-hydrogen) atoms. The third-order valence-corrected chi connectivity index (χ3v) is 5.53. The van der Waals surface area contributed by atoms with Gasteiger partial charge in [0.2, 0.25) is 0 Å². The fourth-order valence-corrected chi connectivity index (χ4v) is 3.20. The van der Waals surface area contributed by atoms with Crippen LogP contribution in [-0.4, -0.2) is 117 Å². The van der Waals surface area contributed by atoms with Crippen molar-refractivity contribution < 1.29 is 42.6 Å². The zero-order valence-electron chi connectivity index (χ0n) is 18.9. The zero-order chi connectivity index (χ0) is 21.6. The summed E-state index contributed by atoms with van der Waals surface area (Å²) in [6, 6.07) is 0. The lowest BCUT2D eigenvalue weighted by atomic mass is 9.92. The van der Waals surface area contributed by atoms with Gasteiger partial charge in [-0.2, -0.15) is 0 Å². The van der Waals surface area contributed by atoms with Crippen molar-refractivity contribution in [1.82, 2.24) is 0 Å². The fourth-order valence-electron chi connectivity index (χ4n) is 3.20. The molecule has 9 nitrogen and oxygen atoms in total. The van der Waals surface area contributed by atoms with E-state index in [0.717, 1.165) is 26.4 Å². The molecule has 0 spiro atoms. The van der Waals surface area contributed by atoms with Gasteiger partial charge in [-0.05, 0) is 0 Å². The molecule has 4 rings (SSSR count). The molecule has 4 unspecified atom stereocenters. The Morgan fingerprint density at radius 2 is 0.710 bits per heavy atom. The van der Waals surface area contributed by atoms with Crippen molar-refractivity contribution in [3.8, 4) is 0 Å². The second-order valence-corrected chi connectivity index (χ2v) is 10.00. The van der Waals surface area contributed by atoms with Crippen LogP contribution >= 0.6 is 0 Å². The topological polar surface area (TPSA) is 96.3 Å². The predicted octanol–water partition coefficient (Wildman–Crippen LogP) is 0.677. The molecule has 4 atom stereocenters. The first-order chi connectivity index (χ1) is 15.0. The van der Waals surface area contributed by atoms with Crippen molar-refractivity contribution in [2.75, 3.05) is 92.5 Å². The van der Waals surface area contributed by atoms with Gasteiger partial charge in [-0.3, -0.25) is 0 Å². The summed E-state index contributed by atoms with van der Waals surface area (Å²) < 4.78 is 50.7. The quantitative estimate of drug-likeness (QED) is 0.250. The van der Waals surface area contributed by atoms with E-state index in [0.29, 0.717) is 66.1 Å². The smallest absolute Gasteiger partial charge is 0.104 e. The Kier molecular flexibility index (Phi) is 8.58. The summed E-state index contributed by atoms with van der Waals surface area (Å²) in [4.78, 5) is 0. The van der Waals surface area contributed by atoms with Crippen LogP contribution in [0.3, 0.4) is 0 Å². The third-order valence-electron chi connectivity index (χ3n) is 5.53. The maximum atomic E-state index is 6.21. The van der Waals surface area contributed by atoms with Gasteiger partial charge in [0.25, 0.3) is 0 Å². The molecule has 0 saturated carbocycles. The molecule has 0 aromatic rings. The van der Waals surface area contributed by atoms with Gasteiger partial charge in [-0.25, -0.2) is 0 Å². The van der Waals surface area contributed by atoms with Crippen LogP contribution < -0.4 is 0 Å². The molecule has 4 aliphatic rings. The highest BCUT2D eigenvalue weighted by Gasteiger charge is 2.34. The van der Waals surface area contributed by atoms with Crippen LogP contribution in [0, 0.1) is 10.8 Å². The molecule has 0 amide bonds. The van der Waals surface area contributed by atoms with Gasteiger partial charge in [0.15, 0.2) is 0 Å². The van der Waals surface area contributed by atoms with E-state index in [1.54, 1.807) is 0 Å². The normalized spacial score (nSPS) is 32.3. The molecule has 4 saturated heterocycles. The van der Waals surface area contributed by atoms with E-state index in [1.165, 1.54) is 0 Å². The largest absolute Gasteiger partial charge is 0.380 e. The number of rotatable bonds is 20. The SMILES string of the molecule is CC(COCC1CO1)(COCC1CO1)COCC(C)(COCC1CO1)COCC1CO1. The first-order valence-electron chi connectivity index (χ1n) is 11.4. The monoisotopic (exact) mass is 446 g/mol. The van der Waals surface area contributed by atoms with Gasteiger partial charge in [0.05, 0.1) is 92.5 Å². The third kappa shape index (κ3) is 9.98. The van der Waals surface area contributed by atoms with Crippen LogP contribution in [0.25, 0.3) is 0 Å². The van der Waals surface area contributed by atoms with E-state index in [-0.39, 0.29) is 35.2 Å². The Hall–Kier alpha value is -0.360. The van der Waals surface area contributed by atoms with Gasteiger partial charge in [-0.1, -0.05) is 13.8 Å². The molecule has 4 fully saturated rings. The number of epoxide rings is 4. The summed E-state index contributed by atoms with van der Waals surface area (Å²) >= 11 is 0. The average molecular weight is 447 g/mol. The Morgan fingerprint density at radius 1 is 0.484 bits per heavy atom. The van der Waals surface area contributed by atoms with Crippen LogP contribution in [0.5, 0.6) is 0 Å². The molecule has 9 heteroatoms. The zero-order valence-corrected chi connectivity index (χ0v) is 18.9. The van der Waals surface area contributed by atoms with Crippen molar-refractivity contribution in [3.63, 3.8) is 0 Å². The van der Waals surface area contributed by atoms with Crippen LogP contribution in [0.1, 0.15) is 13.8 Å². The molecule has 0 N–H and O–H groups in total. The van der Waals surface area contributed by atoms with Gasteiger partial charge >= 0.3 is 0 Å². The number of hydrogen-bond donors (Lipinski definition) is 0. The summed E-state index contributed by atoms with van der Waals surface area (Å²) in [6.07, 6.45) is 0.979. The molecule has 0 radical (unpaired) electrons. The highest BCUT2D eigenvalue weighted by molar-refractivity contribution is 4.80. The van der Waals surface area contributed by atoms with E-state index < -0.39 is 0 Å². The van der Waals surface area contributed by atoms with Crippen LogP contribution in [0.4, 0.5) is 0 Å². The molecular formula is C22H38O9. The minimum atomic E-state index is -0.254. The minimum Gasteiger partial charge on any atom is -0.380 e. The highest BCUT2D eigenvalue weighted by atomic mass is 16.6. The summed E-state index contributed by atoms with van der Waals surface area (Å²) in [7, 11) is 0. The molecule has 0 bridgehead atoms. The lowest BCUT2D eigenvalue weighted by Gasteiger charge is -2.33. The Bertz CT molecular complexity index is 447. The van der Waals surface area contributed by atoms with E-state index in [4.69, 9.17) is 42.6 Å². The molecule has 0 aliphatic carbocycles. The van der Waals surface area contributed by atoms with Crippen LogP contribution in [-0.2, 0) is 42.6 Å². The van der Waals surface area contributed by atoms with Crippen LogP contribution in [0.15, 0.2) is 0 Å². The first kappa shape index (κ1) is 23.8. The molecule has 180 valence electrons. The van der Waals surface area contributed by atoms with Gasteiger partial charge < -0.3 is 42.6 Å². The summed E-state index contributed by atoms with van der Waals surface area (Å²) in [6.45, 7) is 13.2. The summed E-state index contributed by atoms with van der Waals surface area (Å²) in [5.41, 5.74) is -0.508. The number of hydrogen-bond acceptors (Lipinski definition) is 9. The highest BCUT2D eigenvalue weighted by Crippen LogP contribution is 2.25. The molecule has 0 aromatic carbocycles. The van der Waals surface area contributed by atoms with E-state index in [2.05, 4.69) is 13.8 Å². The summed E-state index contributed by atoms with van der Waals surface area (Å²) in [5, 5.41) is 0. The van der Waals surface area contributed by atoms with Crippen molar-refractivity contribution >= 4 is 0 Å². The number of ether oxygens (including phenoxy) is 9. The molecule has 0 aromatic heterocycles. The molecule has 4 aliphatic heterocycles. The van der Waals surface area contributed by atoms with Gasteiger partial charge in [0.1, 0.15) is 24.4 Å². The fraction of sp³-hybridized carbons (Fsp3) is 1.00. The second kappa shape index (κ2) is 11.2. The lowest BCUT2D eigenvalue weighted by Crippen LogP contribution is -2.39. The van der Waals surface area contributed by atoms with E-state index >= 15 is 0 Å². The maximum absolute atomic E-state index is 6.21. The first-order valence-corrected chi connectivity index (χ1v) is 11.4. The van der Waals surface area contributed by atoms with Crippen molar-refractivity contribution in [3.05, 3.63) is 0 Å².